The van der Waals surface area contributed by atoms with E-state index in [4.69, 9.17) is 21.3 Å². The number of fused-ring (bicyclic) bond motifs is 1. The Labute approximate surface area is 131 Å². The van der Waals surface area contributed by atoms with E-state index in [9.17, 15) is 0 Å². The van der Waals surface area contributed by atoms with Gasteiger partial charge in [0.25, 0.3) is 0 Å². The van der Waals surface area contributed by atoms with Crippen molar-refractivity contribution in [3.63, 3.8) is 0 Å². The lowest BCUT2D eigenvalue weighted by Gasteiger charge is -2.24. The predicted molar refractivity (Wildman–Crippen MR) is 85.8 cm³/mol. The van der Waals surface area contributed by atoms with Crippen LogP contribution in [0.25, 0.3) is 11.2 Å². The predicted octanol–water partition coefficient (Wildman–Crippen LogP) is 3.30. The molecule has 1 unspecified atom stereocenters. The molecule has 5 nitrogen and oxygen atoms in total. The van der Waals surface area contributed by atoms with Crippen molar-refractivity contribution in [2.45, 2.75) is 45.5 Å². The first-order chi connectivity index (χ1) is 10.0. The molecule has 0 radical (unpaired) electrons. The molecular weight excluding hydrogens is 288 g/mol. The maximum atomic E-state index is 6.14. The lowest BCUT2D eigenvalue weighted by molar-refractivity contribution is 0.133. The second-order valence-corrected chi connectivity index (χ2v) is 6.06. The molecule has 6 heteroatoms. The number of ether oxygens (including phenoxy) is 1. The number of nitrogens with zero attached hydrogens (tertiary/aromatic N) is 4. The molecule has 0 fully saturated rings. The van der Waals surface area contributed by atoms with Crippen molar-refractivity contribution in [2.75, 3.05) is 13.7 Å². The van der Waals surface area contributed by atoms with Crippen molar-refractivity contribution in [3.8, 4) is 0 Å². The molecule has 0 bridgehead atoms. The highest BCUT2D eigenvalue weighted by atomic mass is 35.5. The van der Waals surface area contributed by atoms with Crippen molar-refractivity contribution < 1.29 is 4.74 Å². The van der Waals surface area contributed by atoms with Gasteiger partial charge in [-0.25, -0.2) is 4.98 Å². The lowest BCUT2D eigenvalue weighted by atomic mass is 10.1. The number of aromatic nitrogens is 4. The van der Waals surface area contributed by atoms with E-state index in [1.807, 2.05) is 11.7 Å². The fourth-order valence-corrected chi connectivity index (χ4v) is 3.02. The van der Waals surface area contributed by atoms with Gasteiger partial charge in [0, 0.05) is 14.2 Å². The molecule has 2 rings (SSSR count). The summed E-state index contributed by atoms with van der Waals surface area (Å²) in [5.41, 5.74) is 3.08. The third-order valence-corrected chi connectivity index (χ3v) is 4.09. The summed E-state index contributed by atoms with van der Waals surface area (Å²) in [5.74, 6) is 1.72. The third-order valence-electron chi connectivity index (χ3n) is 3.85. The number of imidazole rings is 1. The van der Waals surface area contributed by atoms with Crippen LogP contribution in [0.5, 0.6) is 0 Å². The molecule has 0 aliphatic rings. The van der Waals surface area contributed by atoms with E-state index < -0.39 is 0 Å². The standard InChI is InChI=1S/C15H25ClN4O/c1-6-7-11-14-15(19(4)18-11)20(13(8-16)17-14)12(9-21-5)10(2)3/h10,12H,6-9H2,1-5H3. The molecule has 0 amide bonds. The van der Waals surface area contributed by atoms with E-state index in [0.717, 1.165) is 35.5 Å². The van der Waals surface area contributed by atoms with Gasteiger partial charge in [-0.15, -0.1) is 11.6 Å². The van der Waals surface area contributed by atoms with Crippen LogP contribution in [0.1, 0.15) is 44.8 Å². The molecule has 2 aromatic rings. The Morgan fingerprint density at radius 2 is 2.05 bits per heavy atom. The average molecular weight is 313 g/mol. The summed E-state index contributed by atoms with van der Waals surface area (Å²) in [5, 5.41) is 4.63. The maximum absolute atomic E-state index is 6.14. The molecule has 0 spiro atoms. The highest BCUT2D eigenvalue weighted by molar-refractivity contribution is 6.16. The van der Waals surface area contributed by atoms with Crippen LogP contribution in [0.4, 0.5) is 0 Å². The van der Waals surface area contributed by atoms with E-state index >= 15 is 0 Å². The Bertz CT molecular complexity index is 602. The van der Waals surface area contributed by atoms with Gasteiger partial charge in [0.2, 0.25) is 0 Å². The first-order valence-electron chi connectivity index (χ1n) is 7.52. The Morgan fingerprint density at radius 3 is 2.57 bits per heavy atom. The van der Waals surface area contributed by atoms with Crippen LogP contribution >= 0.6 is 11.6 Å². The minimum absolute atomic E-state index is 0.207. The summed E-state index contributed by atoms with van der Waals surface area (Å²) in [4.78, 5) is 4.75. The summed E-state index contributed by atoms with van der Waals surface area (Å²) in [6.07, 6.45) is 1.99. The average Bonchev–Trinajstić information content (AvgIpc) is 2.95. The number of rotatable bonds is 7. The highest BCUT2D eigenvalue weighted by Crippen LogP contribution is 2.29. The number of aryl methyl sites for hydroxylation is 2. The minimum atomic E-state index is 0.207. The number of halogens is 1. The smallest absolute Gasteiger partial charge is 0.159 e. The van der Waals surface area contributed by atoms with Gasteiger partial charge in [-0.3, -0.25) is 4.68 Å². The van der Waals surface area contributed by atoms with Crippen LogP contribution in [0.15, 0.2) is 0 Å². The lowest BCUT2D eigenvalue weighted by Crippen LogP contribution is -2.23. The number of methoxy groups -OCH3 is 1. The van der Waals surface area contributed by atoms with E-state index in [2.05, 4.69) is 30.4 Å². The number of alkyl halides is 1. The van der Waals surface area contributed by atoms with Crippen LogP contribution < -0.4 is 0 Å². The summed E-state index contributed by atoms with van der Waals surface area (Å²) in [7, 11) is 3.71. The molecule has 21 heavy (non-hydrogen) atoms. The van der Waals surface area contributed by atoms with Crippen molar-refractivity contribution in [1.29, 1.82) is 0 Å². The molecule has 0 saturated heterocycles. The van der Waals surface area contributed by atoms with Gasteiger partial charge in [-0.05, 0) is 12.3 Å². The molecule has 0 aliphatic heterocycles. The van der Waals surface area contributed by atoms with Gasteiger partial charge in [-0.2, -0.15) is 5.10 Å². The fraction of sp³-hybridized carbons (Fsp3) is 0.733. The first-order valence-corrected chi connectivity index (χ1v) is 8.06. The molecular formula is C15H25ClN4O. The molecule has 0 aliphatic carbocycles. The molecule has 0 saturated carbocycles. The summed E-state index contributed by atoms with van der Waals surface area (Å²) >= 11 is 6.14. The number of hydrogen-bond acceptors (Lipinski definition) is 3. The van der Waals surface area contributed by atoms with Crippen molar-refractivity contribution in [1.82, 2.24) is 19.3 Å². The Kier molecular flexibility index (Phi) is 5.27. The summed E-state index contributed by atoms with van der Waals surface area (Å²) in [6.45, 7) is 7.18. The number of hydrogen-bond donors (Lipinski definition) is 0. The molecule has 1 atom stereocenters. The van der Waals surface area contributed by atoms with E-state index in [1.54, 1.807) is 7.11 Å². The van der Waals surface area contributed by atoms with Gasteiger partial charge in [-0.1, -0.05) is 27.2 Å². The van der Waals surface area contributed by atoms with Gasteiger partial charge < -0.3 is 9.30 Å². The molecule has 0 N–H and O–H groups in total. The maximum Gasteiger partial charge on any atom is 0.159 e. The summed E-state index contributed by atoms with van der Waals surface area (Å²) in [6, 6.07) is 0.207. The van der Waals surface area contributed by atoms with Gasteiger partial charge in [0.05, 0.1) is 24.2 Å². The molecule has 2 aromatic heterocycles. The van der Waals surface area contributed by atoms with Gasteiger partial charge in [0.15, 0.2) is 5.65 Å². The molecule has 0 aromatic carbocycles. The Balaban J connectivity index is 2.65. The highest BCUT2D eigenvalue weighted by Gasteiger charge is 2.25. The zero-order chi connectivity index (χ0) is 15.6. The second kappa shape index (κ2) is 6.79. The topological polar surface area (TPSA) is 44.9 Å². The van der Waals surface area contributed by atoms with E-state index in [1.165, 1.54) is 0 Å². The van der Waals surface area contributed by atoms with Crippen LogP contribution in [0.2, 0.25) is 0 Å². The Morgan fingerprint density at radius 1 is 1.33 bits per heavy atom. The van der Waals surface area contributed by atoms with E-state index in [-0.39, 0.29) is 6.04 Å². The normalized spacial score (nSPS) is 13.5. The summed E-state index contributed by atoms with van der Waals surface area (Å²) < 4.78 is 9.55. The van der Waals surface area contributed by atoms with Crippen molar-refractivity contribution in [2.24, 2.45) is 13.0 Å². The minimum Gasteiger partial charge on any atom is -0.383 e. The Hall–Kier alpha value is -1.07. The van der Waals surface area contributed by atoms with E-state index in [0.29, 0.717) is 18.4 Å². The van der Waals surface area contributed by atoms with Crippen molar-refractivity contribution >= 4 is 22.8 Å². The molecule has 118 valence electrons. The van der Waals surface area contributed by atoms with Crippen LogP contribution in [-0.2, 0) is 24.1 Å². The van der Waals surface area contributed by atoms with Crippen LogP contribution in [0, 0.1) is 5.92 Å². The first kappa shape index (κ1) is 16.3. The SMILES string of the molecule is CCCc1nn(C)c2c1nc(CCl)n2C(COC)C(C)C. The quantitative estimate of drug-likeness (QED) is 0.737. The largest absolute Gasteiger partial charge is 0.383 e. The third kappa shape index (κ3) is 2.94. The fourth-order valence-electron chi connectivity index (χ4n) is 2.83. The molecule has 2 heterocycles. The second-order valence-electron chi connectivity index (χ2n) is 5.79. The van der Waals surface area contributed by atoms with Crippen LogP contribution in [-0.4, -0.2) is 33.0 Å². The van der Waals surface area contributed by atoms with Crippen LogP contribution in [0.3, 0.4) is 0 Å². The zero-order valence-corrected chi connectivity index (χ0v) is 14.3. The van der Waals surface area contributed by atoms with Crippen molar-refractivity contribution in [3.05, 3.63) is 11.5 Å². The van der Waals surface area contributed by atoms with Gasteiger partial charge >= 0.3 is 0 Å². The van der Waals surface area contributed by atoms with Gasteiger partial charge in [0.1, 0.15) is 11.3 Å². The monoisotopic (exact) mass is 312 g/mol. The zero-order valence-electron chi connectivity index (χ0n) is 13.6.